The summed E-state index contributed by atoms with van der Waals surface area (Å²) < 4.78 is 51.9. The van der Waals surface area contributed by atoms with Gasteiger partial charge >= 0.3 is 0 Å². The lowest BCUT2D eigenvalue weighted by molar-refractivity contribution is -0.274. The van der Waals surface area contributed by atoms with Crippen LogP contribution in [0.15, 0.2) is 133 Å². The van der Waals surface area contributed by atoms with Crippen LogP contribution in [0.1, 0.15) is 267 Å². The Hall–Kier alpha value is -4.18. The van der Waals surface area contributed by atoms with Gasteiger partial charge in [0.05, 0.1) is 45.2 Å². The minimum Gasteiger partial charge on any atom is -0.374 e. The van der Waals surface area contributed by atoms with E-state index >= 15 is 4.39 Å². The second-order valence-corrected chi connectivity index (χ2v) is 24.8. The van der Waals surface area contributed by atoms with Crippen molar-refractivity contribution >= 4 is 5.91 Å². The molecule has 1 N–H and O–H groups in total. The van der Waals surface area contributed by atoms with Gasteiger partial charge in [0.1, 0.15) is 30.6 Å². The summed E-state index contributed by atoms with van der Waals surface area (Å²) in [5, 5.41) is 3.22. The van der Waals surface area contributed by atoms with E-state index in [1.54, 1.807) is 6.08 Å². The molecular formula is C77H118FNO6. The maximum atomic E-state index is 17.2. The van der Waals surface area contributed by atoms with Crippen LogP contribution in [0.5, 0.6) is 0 Å². The molecule has 8 heteroatoms. The molecule has 1 saturated heterocycles. The van der Waals surface area contributed by atoms with Crippen molar-refractivity contribution in [2.75, 3.05) is 6.61 Å². The number of carbonyl (C=O) groups excluding carboxylic acids is 1. The zero-order valence-corrected chi connectivity index (χ0v) is 53.6. The normalized spacial score (nSPS) is 17.8. The predicted octanol–water partition coefficient (Wildman–Crippen LogP) is 21.2. The van der Waals surface area contributed by atoms with Gasteiger partial charge in [-0.15, -0.1) is 0 Å². The van der Waals surface area contributed by atoms with Crippen molar-refractivity contribution in [2.24, 2.45) is 0 Å². The molecule has 474 valence electrons. The van der Waals surface area contributed by atoms with Crippen molar-refractivity contribution in [3.63, 3.8) is 0 Å². The van der Waals surface area contributed by atoms with E-state index in [1.807, 2.05) is 91.0 Å². The van der Waals surface area contributed by atoms with Crippen molar-refractivity contribution in [1.29, 1.82) is 0 Å². The monoisotopic (exact) mass is 1170 g/mol. The Balaban J connectivity index is 1.20. The second-order valence-electron chi connectivity index (χ2n) is 24.8. The highest BCUT2D eigenvalue weighted by Gasteiger charge is 2.49. The fourth-order valence-corrected chi connectivity index (χ4v) is 12.1. The third kappa shape index (κ3) is 33.7. The van der Waals surface area contributed by atoms with E-state index < -0.39 is 42.7 Å². The second kappa shape index (κ2) is 48.8. The van der Waals surface area contributed by atoms with E-state index in [2.05, 4.69) is 55.6 Å². The van der Waals surface area contributed by atoms with Crippen LogP contribution < -0.4 is 5.32 Å². The molecule has 7 atom stereocenters. The number of rotatable bonds is 53. The van der Waals surface area contributed by atoms with Crippen LogP contribution in [0.2, 0.25) is 0 Å². The summed E-state index contributed by atoms with van der Waals surface area (Å²) in [6.45, 7) is 6.06. The smallest absolute Gasteiger partial charge is 0.220 e. The lowest BCUT2D eigenvalue weighted by Crippen LogP contribution is -2.62. The van der Waals surface area contributed by atoms with Gasteiger partial charge in [-0.25, -0.2) is 4.39 Å². The average molecular weight is 1170 g/mol. The highest BCUT2D eigenvalue weighted by atomic mass is 19.1. The molecule has 1 heterocycles. The molecule has 0 spiro atoms. The Labute approximate surface area is 518 Å². The van der Waals surface area contributed by atoms with Crippen LogP contribution in [0, 0.1) is 0 Å². The molecule has 1 amide bonds. The molecule has 0 saturated carbocycles. The average Bonchev–Trinajstić information content (AvgIpc) is 3.42. The van der Waals surface area contributed by atoms with Crippen molar-refractivity contribution in [3.05, 3.63) is 156 Å². The summed E-state index contributed by atoms with van der Waals surface area (Å²) in [4.78, 5) is 14.1. The molecule has 0 aliphatic carbocycles. The van der Waals surface area contributed by atoms with Crippen LogP contribution in [0.3, 0.4) is 0 Å². The third-order valence-electron chi connectivity index (χ3n) is 17.2. The number of alkyl halides is 1. The van der Waals surface area contributed by atoms with Gasteiger partial charge in [0.15, 0.2) is 0 Å². The van der Waals surface area contributed by atoms with E-state index in [-0.39, 0.29) is 25.5 Å². The number of carbonyl (C=O) groups is 1. The maximum absolute atomic E-state index is 17.2. The molecule has 7 nitrogen and oxygen atoms in total. The molecule has 0 aromatic heterocycles. The van der Waals surface area contributed by atoms with Crippen molar-refractivity contribution < 1.29 is 32.9 Å². The molecule has 1 fully saturated rings. The lowest BCUT2D eigenvalue weighted by atomic mass is 9.89. The number of amides is 1. The van der Waals surface area contributed by atoms with E-state index in [1.165, 1.54) is 180 Å². The van der Waals surface area contributed by atoms with Gasteiger partial charge in [0.25, 0.3) is 0 Å². The molecular weight excluding hydrogens is 1050 g/mol. The predicted molar refractivity (Wildman–Crippen MR) is 353 cm³/mol. The Kier molecular flexibility index (Phi) is 41.1. The highest BCUT2D eigenvalue weighted by Crippen LogP contribution is 2.34. The molecule has 1 aliphatic heterocycles. The van der Waals surface area contributed by atoms with Gasteiger partial charge in [-0.2, -0.15) is 0 Å². The molecule has 85 heavy (non-hydrogen) atoms. The van der Waals surface area contributed by atoms with Crippen LogP contribution in [-0.2, 0) is 54.9 Å². The zero-order valence-electron chi connectivity index (χ0n) is 53.6. The summed E-state index contributed by atoms with van der Waals surface area (Å²) in [6.07, 6.45) is 43.3. The van der Waals surface area contributed by atoms with Crippen molar-refractivity contribution in [2.45, 2.75) is 314 Å². The van der Waals surface area contributed by atoms with Crippen molar-refractivity contribution in [1.82, 2.24) is 5.32 Å². The standard InChI is InChI=1S/C77H118FNO6/c1-3-5-7-9-11-13-15-17-18-19-20-21-22-23-24-25-26-27-29-31-33-35-49-59-74(80)79-71(70(78)58-48-34-32-30-28-16-14-12-10-8-6-4-2)60-72-75(82-62-67-52-42-37-43-53-67)77(84-64-69-56-46-39-47-57-69)76(83-63-68-54-44-38-45-55-68)73(85-72)65-81-61-66-50-40-36-41-51-66/h36-48,50-58,70-73,75-77H,3-35,49,59-65H2,1-2H3,(H,79,80)/t70-,71+,72-,73-,75+,76+,77-/m1/s1. The summed E-state index contributed by atoms with van der Waals surface area (Å²) in [6, 6.07) is 39.6. The summed E-state index contributed by atoms with van der Waals surface area (Å²) >= 11 is 0. The molecule has 4 aromatic rings. The first-order chi connectivity index (χ1) is 42.0. The number of hydrogen-bond donors (Lipinski definition) is 1. The summed E-state index contributed by atoms with van der Waals surface area (Å²) in [5.74, 6) is -0.125. The van der Waals surface area contributed by atoms with E-state index in [4.69, 9.17) is 23.7 Å². The third-order valence-corrected chi connectivity index (χ3v) is 17.2. The van der Waals surface area contributed by atoms with Gasteiger partial charge in [0.2, 0.25) is 5.91 Å². The first-order valence-corrected chi connectivity index (χ1v) is 34.9. The van der Waals surface area contributed by atoms with E-state index in [9.17, 15) is 4.79 Å². The summed E-state index contributed by atoms with van der Waals surface area (Å²) in [5.41, 5.74) is 4.08. The number of halogens is 1. The lowest BCUT2D eigenvalue weighted by Gasteiger charge is -2.47. The Bertz CT molecular complexity index is 2160. The fraction of sp³-hybridized carbons (Fsp3) is 0.649. The number of hydrogen-bond acceptors (Lipinski definition) is 6. The molecule has 0 radical (unpaired) electrons. The SMILES string of the molecule is CCCCCCCCCCCCC=C[C@@H](F)[C@H](C[C@H]1O[C@H](COCc2ccccc2)[C@H](OCc2ccccc2)[C@H](OCc2ccccc2)[C@H]1OCc1ccccc1)NC(=O)CCCCCCCCCCCCCCCCCCCCCCCCC. The number of allylic oxidation sites excluding steroid dienone is 1. The molecule has 4 aromatic carbocycles. The Morgan fingerprint density at radius 3 is 1.15 bits per heavy atom. The van der Waals surface area contributed by atoms with Crippen LogP contribution in [-0.4, -0.2) is 55.2 Å². The van der Waals surface area contributed by atoms with Crippen molar-refractivity contribution in [3.8, 4) is 0 Å². The van der Waals surface area contributed by atoms with Gasteiger partial charge in [0, 0.05) is 6.42 Å². The van der Waals surface area contributed by atoms with Gasteiger partial charge in [-0.3, -0.25) is 4.79 Å². The minimum atomic E-state index is -1.44. The van der Waals surface area contributed by atoms with Crippen LogP contribution in [0.25, 0.3) is 0 Å². The maximum Gasteiger partial charge on any atom is 0.220 e. The van der Waals surface area contributed by atoms with Crippen LogP contribution >= 0.6 is 0 Å². The first-order valence-electron chi connectivity index (χ1n) is 34.9. The molecule has 1 aliphatic rings. The highest BCUT2D eigenvalue weighted by molar-refractivity contribution is 5.76. The van der Waals surface area contributed by atoms with Gasteiger partial charge in [-0.1, -0.05) is 346 Å². The zero-order chi connectivity index (χ0) is 59.7. The van der Waals surface area contributed by atoms with Crippen LogP contribution in [0.4, 0.5) is 4.39 Å². The Morgan fingerprint density at radius 1 is 0.435 bits per heavy atom. The number of nitrogens with one attached hydrogen (secondary N) is 1. The van der Waals surface area contributed by atoms with E-state index in [0.717, 1.165) is 60.8 Å². The topological polar surface area (TPSA) is 75.2 Å². The van der Waals surface area contributed by atoms with E-state index in [0.29, 0.717) is 26.2 Å². The number of unbranched alkanes of at least 4 members (excludes halogenated alkanes) is 32. The van der Waals surface area contributed by atoms with Gasteiger partial charge in [-0.05, 0) is 47.9 Å². The largest absolute Gasteiger partial charge is 0.374 e. The fourth-order valence-electron chi connectivity index (χ4n) is 12.1. The first kappa shape index (κ1) is 71.6. The Morgan fingerprint density at radius 2 is 0.765 bits per heavy atom. The van der Waals surface area contributed by atoms with Gasteiger partial charge < -0.3 is 29.0 Å². The summed E-state index contributed by atoms with van der Waals surface area (Å²) in [7, 11) is 0. The molecule has 5 rings (SSSR count). The molecule has 0 unspecified atom stereocenters. The minimum absolute atomic E-state index is 0.125. The number of ether oxygens (including phenoxy) is 5. The number of benzene rings is 4. The quantitative estimate of drug-likeness (QED) is 0.0351. The molecule has 0 bridgehead atoms.